The van der Waals surface area contributed by atoms with Crippen LogP contribution in [0.5, 0.6) is 11.5 Å². The number of carboxylic acid groups (broad SMARTS) is 1. The number of hydrogen-bond acceptors (Lipinski definition) is 8. The summed E-state index contributed by atoms with van der Waals surface area (Å²) in [5.74, 6) is -6.24. The van der Waals surface area contributed by atoms with Crippen molar-refractivity contribution >= 4 is 58.5 Å². The van der Waals surface area contributed by atoms with Crippen molar-refractivity contribution in [2.75, 3.05) is 19.1 Å². The van der Waals surface area contributed by atoms with E-state index < -0.39 is 52.8 Å². The van der Waals surface area contributed by atoms with Crippen molar-refractivity contribution in [2.24, 2.45) is 23.7 Å². The molecule has 7 rings (SSSR count). The highest BCUT2D eigenvalue weighted by Crippen LogP contribution is 2.65. The average molecular weight is 787 g/mol. The molecule has 0 aromatic heterocycles. The topological polar surface area (TPSA) is 154 Å². The zero-order valence-electron chi connectivity index (χ0n) is 30.2. The van der Waals surface area contributed by atoms with Gasteiger partial charge in [0.05, 0.1) is 41.0 Å². The number of carbonyl (C=O) groups is 5. The third-order valence-electron chi connectivity index (χ3n) is 11.8. The quantitative estimate of drug-likeness (QED) is 0.0939. The fourth-order valence-electron chi connectivity index (χ4n) is 9.36. The fourth-order valence-corrected chi connectivity index (χ4v) is 9.81. The molecule has 11 nitrogen and oxygen atoms in total. The number of phenols is 1. The minimum atomic E-state index is -1.62. The van der Waals surface area contributed by atoms with E-state index in [0.29, 0.717) is 58.7 Å². The molecule has 3 fully saturated rings. The van der Waals surface area contributed by atoms with E-state index in [4.69, 9.17) is 33.0 Å². The molecule has 1 saturated carbocycles. The van der Waals surface area contributed by atoms with Gasteiger partial charge in [-0.3, -0.25) is 34.3 Å². The third-order valence-corrected chi connectivity index (χ3v) is 12.3. The van der Waals surface area contributed by atoms with Gasteiger partial charge in [-0.05, 0) is 79.5 Å². The fraction of sp³-hybridized carbons (Fsp3) is 0.357. The lowest BCUT2D eigenvalue weighted by Gasteiger charge is -2.50. The summed E-state index contributed by atoms with van der Waals surface area (Å²) in [4.78, 5) is 70.9. The van der Waals surface area contributed by atoms with Gasteiger partial charge in [0.15, 0.2) is 0 Å². The number of imide groups is 2. The normalized spacial score (nSPS) is 25.7. The molecule has 0 spiro atoms. The Morgan fingerprint density at radius 2 is 1.76 bits per heavy atom. The van der Waals surface area contributed by atoms with Crippen molar-refractivity contribution in [2.45, 2.75) is 56.3 Å². The van der Waals surface area contributed by atoms with E-state index in [0.717, 1.165) is 5.01 Å². The first kappa shape index (κ1) is 38.2. The van der Waals surface area contributed by atoms with Gasteiger partial charge in [0, 0.05) is 29.5 Å². The number of fused-ring (bicyclic) bond motifs is 4. The number of anilines is 1. The summed E-state index contributed by atoms with van der Waals surface area (Å²) in [6, 6.07) is 16.9. The van der Waals surface area contributed by atoms with Crippen molar-refractivity contribution in [1.29, 1.82) is 0 Å². The van der Waals surface area contributed by atoms with E-state index in [1.165, 1.54) is 18.1 Å². The number of nitrogens with zero attached hydrogens (tertiary/aromatic N) is 2. The zero-order chi connectivity index (χ0) is 39.2. The van der Waals surface area contributed by atoms with E-state index in [2.05, 4.69) is 12.0 Å². The number of carboxylic acids is 1. The number of para-hydroxylation sites is 1. The standard InChI is InChI=1S/C42H41Cl2N3O8/c1-3-8-23-9-7-10-29(37(23)50)36-27-17-18-28-35(40(53)46(38(28)51)20-6-4-5-11-34(48)49)30(27)22-31-39(52)47(45-33-19-14-25(43)21-32(33)44)41(54)42(31,36)24-12-15-26(55-2)16-13-24/h3,7,9-10,12-17,19,21,28,30-31,35-36,45,50H,1,4-6,8,11,18,20,22H2,2H3,(H,48,49). The molecule has 55 heavy (non-hydrogen) atoms. The van der Waals surface area contributed by atoms with E-state index in [9.17, 15) is 24.3 Å². The molecule has 286 valence electrons. The van der Waals surface area contributed by atoms with Gasteiger partial charge in [-0.1, -0.05) is 77.7 Å². The van der Waals surface area contributed by atoms with Crippen molar-refractivity contribution in [3.05, 3.63) is 112 Å². The van der Waals surface area contributed by atoms with E-state index in [1.807, 2.05) is 6.08 Å². The molecule has 2 aliphatic carbocycles. The second-order valence-corrected chi connectivity index (χ2v) is 15.4. The molecule has 3 aromatic carbocycles. The Bertz CT molecular complexity index is 2120. The number of unbranched alkanes of at least 4 members (excludes halogenated alkanes) is 2. The first-order valence-corrected chi connectivity index (χ1v) is 19.1. The third kappa shape index (κ3) is 6.37. The van der Waals surface area contributed by atoms with Crippen molar-refractivity contribution in [1.82, 2.24) is 9.91 Å². The molecule has 2 aliphatic heterocycles. The zero-order valence-corrected chi connectivity index (χ0v) is 31.7. The number of rotatable bonds is 13. The minimum Gasteiger partial charge on any atom is -0.507 e. The van der Waals surface area contributed by atoms with Crippen LogP contribution < -0.4 is 10.2 Å². The molecule has 13 heteroatoms. The van der Waals surface area contributed by atoms with E-state index >= 15 is 4.79 Å². The van der Waals surface area contributed by atoms with Crippen LogP contribution in [-0.4, -0.2) is 63.4 Å². The minimum absolute atomic E-state index is 0.00487. The van der Waals surface area contributed by atoms with Gasteiger partial charge in [-0.15, -0.1) is 6.58 Å². The summed E-state index contributed by atoms with van der Waals surface area (Å²) in [6.07, 6.45) is 5.68. The van der Waals surface area contributed by atoms with Crippen LogP contribution in [-0.2, 0) is 35.8 Å². The van der Waals surface area contributed by atoms with Gasteiger partial charge >= 0.3 is 5.97 Å². The Labute approximate surface area is 328 Å². The average Bonchev–Trinajstić information content (AvgIpc) is 3.53. The van der Waals surface area contributed by atoms with Crippen molar-refractivity contribution in [3.8, 4) is 11.5 Å². The maximum Gasteiger partial charge on any atom is 0.303 e. The Balaban J connectivity index is 1.39. The van der Waals surface area contributed by atoms with Crippen LogP contribution in [0.4, 0.5) is 5.69 Å². The second kappa shape index (κ2) is 15.2. The Hall–Kier alpha value is -5.13. The number of carbonyl (C=O) groups excluding carboxylic acids is 4. The number of hydrazine groups is 1. The van der Waals surface area contributed by atoms with Crippen LogP contribution in [0, 0.1) is 23.7 Å². The summed E-state index contributed by atoms with van der Waals surface area (Å²) in [6.45, 7) is 4.01. The molecule has 0 bridgehead atoms. The predicted octanol–water partition coefficient (Wildman–Crippen LogP) is 7.07. The molecule has 0 radical (unpaired) electrons. The van der Waals surface area contributed by atoms with Crippen molar-refractivity contribution < 1.29 is 38.9 Å². The number of nitrogens with one attached hydrogen (secondary N) is 1. The highest BCUT2D eigenvalue weighted by atomic mass is 35.5. The summed E-state index contributed by atoms with van der Waals surface area (Å²) >= 11 is 12.7. The van der Waals surface area contributed by atoms with Crippen LogP contribution >= 0.6 is 23.2 Å². The number of halogens is 2. The number of methoxy groups -OCH3 is 1. The van der Waals surface area contributed by atoms with Crippen LogP contribution in [0.1, 0.15) is 61.1 Å². The Morgan fingerprint density at radius 1 is 1.00 bits per heavy atom. The van der Waals surface area contributed by atoms with Gasteiger partial charge in [-0.2, -0.15) is 5.01 Å². The lowest BCUT2D eigenvalue weighted by Crippen LogP contribution is -2.53. The van der Waals surface area contributed by atoms with Gasteiger partial charge < -0.3 is 14.9 Å². The highest BCUT2D eigenvalue weighted by molar-refractivity contribution is 6.36. The van der Waals surface area contributed by atoms with E-state index in [-0.39, 0.29) is 54.1 Å². The highest BCUT2D eigenvalue weighted by Gasteiger charge is 2.70. The number of phenolic OH excluding ortho intramolecular Hbond substituents is 1. The van der Waals surface area contributed by atoms with Crippen molar-refractivity contribution in [3.63, 3.8) is 0 Å². The maximum atomic E-state index is 15.5. The van der Waals surface area contributed by atoms with Crippen LogP contribution in [0.2, 0.25) is 10.0 Å². The number of allylic oxidation sites excluding steroid dienone is 3. The van der Waals surface area contributed by atoms with Gasteiger partial charge in [0.25, 0.3) is 11.8 Å². The van der Waals surface area contributed by atoms with Gasteiger partial charge in [0.1, 0.15) is 11.5 Å². The number of amides is 4. The summed E-state index contributed by atoms with van der Waals surface area (Å²) < 4.78 is 5.47. The van der Waals surface area contributed by atoms with Crippen LogP contribution in [0.3, 0.4) is 0 Å². The Morgan fingerprint density at radius 3 is 2.45 bits per heavy atom. The van der Waals surface area contributed by atoms with E-state index in [1.54, 1.807) is 60.7 Å². The lowest BCUT2D eigenvalue weighted by atomic mass is 9.49. The molecule has 4 aliphatic rings. The molecule has 3 N–H and O–H groups in total. The molecule has 6 unspecified atom stereocenters. The van der Waals surface area contributed by atoms with Gasteiger partial charge in [-0.25, -0.2) is 0 Å². The molecule has 6 atom stereocenters. The first-order valence-electron chi connectivity index (χ1n) is 18.4. The van der Waals surface area contributed by atoms with Crippen LogP contribution in [0.15, 0.2) is 85.0 Å². The Kier molecular flexibility index (Phi) is 10.5. The molecule has 4 amide bonds. The smallest absolute Gasteiger partial charge is 0.303 e. The number of aliphatic carboxylic acids is 1. The largest absolute Gasteiger partial charge is 0.507 e. The van der Waals surface area contributed by atoms with Crippen LogP contribution in [0.25, 0.3) is 0 Å². The number of ether oxygens (including phenoxy) is 1. The SMILES string of the molecule is C=CCc1cccc(C2C3=CCC4C(=O)N(CCCCCC(=O)O)C(=O)C4C3CC3C(=O)N(Nc4ccc(Cl)cc4Cl)C(=O)C32c2ccc(OC)cc2)c1O. The predicted molar refractivity (Wildman–Crippen MR) is 205 cm³/mol. The number of likely N-dealkylation sites (tertiary alicyclic amines) is 1. The number of benzene rings is 3. The number of aromatic hydroxyl groups is 1. The molecule has 2 saturated heterocycles. The number of hydrogen-bond donors (Lipinski definition) is 3. The lowest BCUT2D eigenvalue weighted by molar-refractivity contribution is -0.141. The summed E-state index contributed by atoms with van der Waals surface area (Å²) in [5, 5.41) is 22.6. The monoisotopic (exact) mass is 785 g/mol. The summed E-state index contributed by atoms with van der Waals surface area (Å²) in [5.41, 5.74) is 3.83. The maximum absolute atomic E-state index is 15.5. The second-order valence-electron chi connectivity index (χ2n) is 14.6. The first-order chi connectivity index (χ1) is 26.4. The molecule has 2 heterocycles. The molecule has 3 aromatic rings. The molecular formula is C42H41Cl2N3O8. The molecular weight excluding hydrogens is 745 g/mol. The van der Waals surface area contributed by atoms with Gasteiger partial charge in [0.2, 0.25) is 11.8 Å². The summed E-state index contributed by atoms with van der Waals surface area (Å²) in [7, 11) is 1.53.